The number of guanidine groups is 1. The first-order valence-electron chi connectivity index (χ1n) is 4.84. The van der Waals surface area contributed by atoms with Crippen LogP contribution in [0.3, 0.4) is 0 Å². The molecule has 0 amide bonds. The normalized spacial score (nSPS) is 10.5. The lowest BCUT2D eigenvalue weighted by Gasteiger charge is -2.34. The minimum absolute atomic E-state index is 0.486. The lowest BCUT2D eigenvalue weighted by atomic mass is 10.3. The molecule has 0 fully saturated rings. The van der Waals surface area contributed by atoms with Crippen LogP contribution < -0.4 is 0 Å². The van der Waals surface area contributed by atoms with Gasteiger partial charge in [0, 0.05) is 33.2 Å². The molecule has 3 heteroatoms. The third-order valence-electron chi connectivity index (χ3n) is 2.38. The van der Waals surface area contributed by atoms with E-state index in [1.165, 1.54) is 0 Å². The molecule has 0 saturated carbocycles. The second-order valence-electron chi connectivity index (χ2n) is 3.93. The largest absolute Gasteiger partial charge is 0.343 e. The fourth-order valence-corrected chi connectivity index (χ4v) is 1.03. The summed E-state index contributed by atoms with van der Waals surface area (Å²) in [6.45, 7) is 8.66. The summed E-state index contributed by atoms with van der Waals surface area (Å²) in [6, 6.07) is 0.972. The van der Waals surface area contributed by atoms with Crippen molar-refractivity contribution in [2.24, 2.45) is 4.99 Å². The minimum atomic E-state index is 0.486. The van der Waals surface area contributed by atoms with Crippen LogP contribution in [0.5, 0.6) is 0 Å². The van der Waals surface area contributed by atoms with Crippen LogP contribution in [0.15, 0.2) is 4.99 Å². The molecule has 0 aliphatic heterocycles. The quantitative estimate of drug-likeness (QED) is 0.481. The van der Waals surface area contributed by atoms with E-state index in [1.807, 2.05) is 7.05 Å². The Morgan fingerprint density at radius 1 is 0.923 bits per heavy atom. The number of hydrogen-bond acceptors (Lipinski definition) is 1. The number of rotatable bonds is 2. The minimum Gasteiger partial charge on any atom is -0.343 e. The molecule has 0 aromatic carbocycles. The first-order chi connectivity index (χ1) is 5.91. The van der Waals surface area contributed by atoms with Gasteiger partial charge in [-0.2, -0.15) is 0 Å². The summed E-state index contributed by atoms with van der Waals surface area (Å²) in [6.07, 6.45) is 0. The zero-order chi connectivity index (χ0) is 10.6. The highest BCUT2D eigenvalue weighted by Crippen LogP contribution is 2.03. The molecule has 13 heavy (non-hydrogen) atoms. The molecule has 0 aliphatic carbocycles. The van der Waals surface area contributed by atoms with Crippen LogP contribution in [0.4, 0.5) is 0 Å². The molecule has 3 nitrogen and oxygen atoms in total. The van der Waals surface area contributed by atoms with E-state index in [-0.39, 0.29) is 0 Å². The van der Waals surface area contributed by atoms with Crippen molar-refractivity contribution >= 4 is 5.96 Å². The third kappa shape index (κ3) is 3.25. The maximum absolute atomic E-state index is 4.30. The van der Waals surface area contributed by atoms with E-state index in [1.54, 1.807) is 0 Å². The highest BCUT2D eigenvalue weighted by Gasteiger charge is 2.15. The van der Waals surface area contributed by atoms with E-state index in [0.717, 1.165) is 5.96 Å². The smallest absolute Gasteiger partial charge is 0.196 e. The fraction of sp³-hybridized carbons (Fsp3) is 0.900. The topological polar surface area (TPSA) is 18.8 Å². The maximum atomic E-state index is 4.30. The molecular formula is C10H23N3. The number of aliphatic imine (C=N–C) groups is 1. The molecule has 0 aromatic rings. The highest BCUT2D eigenvalue weighted by atomic mass is 15.4. The molecule has 0 rings (SSSR count). The van der Waals surface area contributed by atoms with Crippen LogP contribution in [-0.4, -0.2) is 49.0 Å². The zero-order valence-corrected chi connectivity index (χ0v) is 10.00. The van der Waals surface area contributed by atoms with Crippen LogP contribution in [-0.2, 0) is 0 Å². The summed E-state index contributed by atoms with van der Waals surface area (Å²) in [4.78, 5) is 8.66. The Morgan fingerprint density at radius 2 is 1.23 bits per heavy atom. The Morgan fingerprint density at radius 3 is 1.38 bits per heavy atom. The third-order valence-corrected chi connectivity index (χ3v) is 2.38. The molecule has 0 radical (unpaired) electrons. The van der Waals surface area contributed by atoms with Crippen molar-refractivity contribution in [1.29, 1.82) is 0 Å². The average Bonchev–Trinajstić information content (AvgIpc) is 2.04. The predicted octanol–water partition coefficient (Wildman–Crippen LogP) is 1.65. The van der Waals surface area contributed by atoms with Crippen LogP contribution >= 0.6 is 0 Å². The van der Waals surface area contributed by atoms with Crippen molar-refractivity contribution < 1.29 is 0 Å². The van der Waals surface area contributed by atoms with E-state index < -0.39 is 0 Å². The molecule has 0 heterocycles. The first kappa shape index (κ1) is 12.3. The van der Waals surface area contributed by atoms with Gasteiger partial charge in [-0.3, -0.25) is 4.99 Å². The summed E-state index contributed by atoms with van der Waals surface area (Å²) in [5, 5.41) is 0. The number of hydrogen-bond donors (Lipinski definition) is 0. The lowest BCUT2D eigenvalue weighted by Crippen LogP contribution is -2.46. The van der Waals surface area contributed by atoms with Gasteiger partial charge in [0.05, 0.1) is 0 Å². The Kier molecular flexibility index (Phi) is 4.81. The van der Waals surface area contributed by atoms with Crippen LogP contribution in [0, 0.1) is 0 Å². The van der Waals surface area contributed by atoms with E-state index >= 15 is 0 Å². The van der Waals surface area contributed by atoms with Gasteiger partial charge in [0.15, 0.2) is 5.96 Å². The van der Waals surface area contributed by atoms with Gasteiger partial charge in [0.1, 0.15) is 0 Å². The molecule has 0 unspecified atom stereocenters. The second kappa shape index (κ2) is 5.10. The van der Waals surface area contributed by atoms with E-state index in [2.05, 4.69) is 56.6 Å². The fourth-order valence-electron chi connectivity index (χ4n) is 1.03. The predicted molar refractivity (Wildman–Crippen MR) is 59.2 cm³/mol. The SMILES string of the molecule is CN=C(N(C)C(C)C)N(C)C(C)C. The van der Waals surface area contributed by atoms with Gasteiger partial charge >= 0.3 is 0 Å². The molecular weight excluding hydrogens is 162 g/mol. The molecule has 78 valence electrons. The van der Waals surface area contributed by atoms with Gasteiger partial charge < -0.3 is 9.80 Å². The summed E-state index contributed by atoms with van der Waals surface area (Å²) in [7, 11) is 5.99. The van der Waals surface area contributed by atoms with Gasteiger partial charge in [-0.1, -0.05) is 0 Å². The van der Waals surface area contributed by atoms with Crippen molar-refractivity contribution in [2.45, 2.75) is 39.8 Å². The average molecular weight is 185 g/mol. The van der Waals surface area contributed by atoms with E-state index in [9.17, 15) is 0 Å². The van der Waals surface area contributed by atoms with E-state index in [4.69, 9.17) is 0 Å². The molecule has 0 atom stereocenters. The summed E-state index contributed by atoms with van der Waals surface area (Å²) in [5.41, 5.74) is 0. The van der Waals surface area contributed by atoms with Crippen LogP contribution in [0.25, 0.3) is 0 Å². The first-order valence-corrected chi connectivity index (χ1v) is 4.84. The van der Waals surface area contributed by atoms with Gasteiger partial charge in [-0.25, -0.2) is 0 Å². The summed E-state index contributed by atoms with van der Waals surface area (Å²) >= 11 is 0. The molecule has 0 bridgehead atoms. The number of nitrogens with zero attached hydrogens (tertiary/aromatic N) is 3. The Bertz CT molecular complexity index is 157. The molecule has 0 spiro atoms. The molecule has 0 aliphatic rings. The Labute approximate surface area is 82.4 Å². The van der Waals surface area contributed by atoms with Gasteiger partial charge in [-0.05, 0) is 27.7 Å². The Balaban J connectivity index is 4.53. The van der Waals surface area contributed by atoms with E-state index in [0.29, 0.717) is 12.1 Å². The molecule has 0 aromatic heterocycles. The van der Waals surface area contributed by atoms with Crippen LogP contribution in [0.2, 0.25) is 0 Å². The van der Waals surface area contributed by atoms with Crippen molar-refractivity contribution in [1.82, 2.24) is 9.80 Å². The Hall–Kier alpha value is -0.730. The van der Waals surface area contributed by atoms with Gasteiger partial charge in [0.2, 0.25) is 0 Å². The van der Waals surface area contributed by atoms with Gasteiger partial charge in [-0.15, -0.1) is 0 Å². The molecule has 0 saturated heterocycles. The zero-order valence-electron chi connectivity index (χ0n) is 10.00. The van der Waals surface area contributed by atoms with Crippen molar-refractivity contribution in [2.75, 3.05) is 21.1 Å². The maximum Gasteiger partial charge on any atom is 0.196 e. The summed E-state index contributed by atoms with van der Waals surface area (Å²) in [5.74, 6) is 1.05. The standard InChI is InChI=1S/C10H23N3/c1-8(2)12(6)10(11-5)13(7)9(3)4/h8-9H,1-7H3. The van der Waals surface area contributed by atoms with Crippen LogP contribution in [0.1, 0.15) is 27.7 Å². The second-order valence-corrected chi connectivity index (χ2v) is 3.93. The van der Waals surface area contributed by atoms with Gasteiger partial charge in [0.25, 0.3) is 0 Å². The van der Waals surface area contributed by atoms with Crippen molar-refractivity contribution in [3.8, 4) is 0 Å². The monoisotopic (exact) mass is 185 g/mol. The molecule has 0 N–H and O–H groups in total. The summed E-state index contributed by atoms with van der Waals surface area (Å²) < 4.78 is 0. The van der Waals surface area contributed by atoms with Crippen molar-refractivity contribution in [3.05, 3.63) is 0 Å². The lowest BCUT2D eigenvalue weighted by molar-refractivity contribution is 0.313. The van der Waals surface area contributed by atoms with Crippen molar-refractivity contribution in [3.63, 3.8) is 0 Å². The highest BCUT2D eigenvalue weighted by molar-refractivity contribution is 5.80.